The fourth-order valence-electron chi connectivity index (χ4n) is 2.52. The smallest absolute Gasteiger partial charge is 0.240 e. The van der Waals surface area contributed by atoms with Crippen molar-refractivity contribution in [1.29, 1.82) is 0 Å². The van der Waals surface area contributed by atoms with Gasteiger partial charge in [-0.2, -0.15) is 0 Å². The van der Waals surface area contributed by atoms with E-state index in [-0.39, 0.29) is 11.5 Å². The number of hydrogen-bond acceptors (Lipinski definition) is 3. The second kappa shape index (κ2) is 7.38. The van der Waals surface area contributed by atoms with Crippen LogP contribution in [0.3, 0.4) is 0 Å². The van der Waals surface area contributed by atoms with Crippen LogP contribution < -0.4 is 4.72 Å². The van der Waals surface area contributed by atoms with Crippen molar-refractivity contribution in [2.75, 3.05) is 6.54 Å². The average Bonchev–Trinajstić information content (AvgIpc) is 2.38. The highest BCUT2D eigenvalue weighted by Crippen LogP contribution is 2.21. The van der Waals surface area contributed by atoms with E-state index >= 15 is 0 Å². The molecule has 0 aliphatic rings. The molecule has 5 heteroatoms. The number of benzene rings is 1. The van der Waals surface area contributed by atoms with E-state index in [4.69, 9.17) is 0 Å². The highest BCUT2D eigenvalue weighted by Gasteiger charge is 2.21. The van der Waals surface area contributed by atoms with E-state index in [1.165, 1.54) is 6.07 Å². The van der Waals surface area contributed by atoms with Crippen LogP contribution in [0.5, 0.6) is 0 Å². The minimum atomic E-state index is -3.53. The van der Waals surface area contributed by atoms with Gasteiger partial charge in [-0.15, -0.1) is 0 Å². The second-order valence-corrected chi connectivity index (χ2v) is 8.02. The molecule has 0 unspecified atom stereocenters. The predicted molar refractivity (Wildman–Crippen MR) is 85.5 cm³/mol. The van der Waals surface area contributed by atoms with Gasteiger partial charge in [-0.05, 0) is 47.9 Å². The maximum Gasteiger partial charge on any atom is 0.240 e. The van der Waals surface area contributed by atoms with Crippen LogP contribution in [0.1, 0.15) is 38.8 Å². The molecule has 21 heavy (non-hydrogen) atoms. The van der Waals surface area contributed by atoms with Crippen LogP contribution in [0.25, 0.3) is 0 Å². The molecule has 0 heterocycles. The molecular formula is C16H27NO3S. The SMILES string of the molecule is Cc1ccc(S(=O)(=O)NCC(C(C)C)C(C)C)cc1CO. The van der Waals surface area contributed by atoms with Crippen LogP contribution in [0.4, 0.5) is 0 Å². The Kier molecular flexibility index (Phi) is 6.38. The van der Waals surface area contributed by atoms with E-state index in [2.05, 4.69) is 32.4 Å². The summed E-state index contributed by atoms with van der Waals surface area (Å²) in [4.78, 5) is 0.211. The van der Waals surface area contributed by atoms with Gasteiger partial charge < -0.3 is 5.11 Å². The van der Waals surface area contributed by atoms with Crippen molar-refractivity contribution in [3.8, 4) is 0 Å². The third-order valence-corrected chi connectivity index (χ3v) is 5.44. The van der Waals surface area contributed by atoms with E-state index < -0.39 is 10.0 Å². The van der Waals surface area contributed by atoms with Crippen molar-refractivity contribution in [2.24, 2.45) is 17.8 Å². The van der Waals surface area contributed by atoms with Crippen LogP contribution in [-0.4, -0.2) is 20.1 Å². The van der Waals surface area contributed by atoms with E-state index in [1.54, 1.807) is 12.1 Å². The third kappa shape index (κ3) is 4.80. The van der Waals surface area contributed by atoms with Gasteiger partial charge in [0.2, 0.25) is 10.0 Å². The first-order chi connectivity index (χ1) is 9.69. The predicted octanol–water partition coefficient (Wildman–Crippen LogP) is 2.69. The fourth-order valence-corrected chi connectivity index (χ4v) is 3.64. The lowest BCUT2D eigenvalue weighted by atomic mass is 9.86. The summed E-state index contributed by atoms with van der Waals surface area (Å²) >= 11 is 0. The second-order valence-electron chi connectivity index (χ2n) is 6.25. The van der Waals surface area contributed by atoms with Crippen molar-refractivity contribution >= 4 is 10.0 Å². The zero-order chi connectivity index (χ0) is 16.2. The molecular weight excluding hydrogens is 286 g/mol. The number of sulfonamides is 1. The molecule has 0 aliphatic heterocycles. The van der Waals surface area contributed by atoms with Gasteiger partial charge in [0, 0.05) is 6.54 Å². The van der Waals surface area contributed by atoms with Crippen molar-refractivity contribution in [3.63, 3.8) is 0 Å². The average molecular weight is 313 g/mol. The normalized spacial score (nSPS) is 12.6. The zero-order valence-electron chi connectivity index (χ0n) is 13.6. The number of rotatable bonds is 7. The van der Waals surface area contributed by atoms with Crippen LogP contribution in [0, 0.1) is 24.7 Å². The molecule has 0 amide bonds. The van der Waals surface area contributed by atoms with Gasteiger partial charge in [-0.1, -0.05) is 33.8 Å². The molecule has 1 aromatic carbocycles. The summed E-state index contributed by atoms with van der Waals surface area (Å²) in [7, 11) is -3.53. The summed E-state index contributed by atoms with van der Waals surface area (Å²) in [5, 5.41) is 9.26. The van der Waals surface area contributed by atoms with E-state index in [9.17, 15) is 13.5 Å². The molecule has 2 N–H and O–H groups in total. The highest BCUT2D eigenvalue weighted by molar-refractivity contribution is 7.89. The van der Waals surface area contributed by atoms with Crippen LogP contribution >= 0.6 is 0 Å². The standard InChI is InChI=1S/C16H27NO3S/c1-11(2)16(12(3)4)9-17-21(19,20)15-7-6-13(5)14(8-15)10-18/h6-8,11-12,16-18H,9-10H2,1-5H3. The number of aryl methyl sites for hydroxylation is 1. The van der Waals surface area contributed by atoms with Gasteiger partial charge in [0.05, 0.1) is 11.5 Å². The maximum absolute atomic E-state index is 12.4. The van der Waals surface area contributed by atoms with E-state index in [0.29, 0.717) is 29.9 Å². The largest absolute Gasteiger partial charge is 0.392 e. The van der Waals surface area contributed by atoms with Crippen molar-refractivity contribution in [2.45, 2.75) is 46.1 Å². The molecule has 0 spiro atoms. The molecule has 1 aromatic rings. The summed E-state index contributed by atoms with van der Waals surface area (Å²) in [6, 6.07) is 4.84. The van der Waals surface area contributed by atoms with E-state index in [0.717, 1.165) is 5.56 Å². The first kappa shape index (κ1) is 18.1. The molecule has 4 nitrogen and oxygen atoms in total. The van der Waals surface area contributed by atoms with Gasteiger partial charge in [-0.3, -0.25) is 0 Å². The highest BCUT2D eigenvalue weighted by atomic mass is 32.2. The topological polar surface area (TPSA) is 66.4 Å². The van der Waals surface area contributed by atoms with Crippen molar-refractivity contribution in [3.05, 3.63) is 29.3 Å². The summed E-state index contributed by atoms with van der Waals surface area (Å²) in [5.74, 6) is 1.12. The number of aliphatic hydroxyl groups is 1. The van der Waals surface area contributed by atoms with Gasteiger partial charge >= 0.3 is 0 Å². The molecule has 0 bridgehead atoms. The summed E-state index contributed by atoms with van der Waals surface area (Å²) in [6.07, 6.45) is 0. The Bertz CT molecular complexity index is 557. The number of aliphatic hydroxyl groups excluding tert-OH is 1. The molecule has 0 aliphatic carbocycles. The lowest BCUT2D eigenvalue weighted by Crippen LogP contribution is -2.34. The number of hydrogen-bond donors (Lipinski definition) is 2. The van der Waals surface area contributed by atoms with Gasteiger partial charge in [0.15, 0.2) is 0 Å². The molecule has 0 fully saturated rings. The lowest BCUT2D eigenvalue weighted by molar-refractivity contribution is 0.280. The van der Waals surface area contributed by atoms with Crippen LogP contribution in [-0.2, 0) is 16.6 Å². The lowest BCUT2D eigenvalue weighted by Gasteiger charge is -2.25. The third-order valence-electron chi connectivity index (χ3n) is 4.02. The Morgan fingerprint density at radius 3 is 2.19 bits per heavy atom. The Hall–Kier alpha value is -0.910. The van der Waals surface area contributed by atoms with Crippen molar-refractivity contribution in [1.82, 2.24) is 4.72 Å². The van der Waals surface area contributed by atoms with Crippen molar-refractivity contribution < 1.29 is 13.5 Å². The van der Waals surface area contributed by atoms with Gasteiger partial charge in [-0.25, -0.2) is 13.1 Å². The fraction of sp³-hybridized carbons (Fsp3) is 0.625. The molecule has 0 saturated carbocycles. The first-order valence-electron chi connectivity index (χ1n) is 7.39. The van der Waals surface area contributed by atoms with E-state index in [1.807, 2.05) is 6.92 Å². The summed E-state index contributed by atoms with van der Waals surface area (Å²) in [5.41, 5.74) is 1.53. The molecule has 0 saturated heterocycles. The van der Waals surface area contributed by atoms with Gasteiger partial charge in [0.1, 0.15) is 0 Å². The first-order valence-corrected chi connectivity index (χ1v) is 8.87. The molecule has 0 atom stereocenters. The molecule has 1 rings (SSSR count). The monoisotopic (exact) mass is 313 g/mol. The Labute approximate surface area is 128 Å². The van der Waals surface area contributed by atoms with Crippen LogP contribution in [0.15, 0.2) is 23.1 Å². The summed E-state index contributed by atoms with van der Waals surface area (Å²) < 4.78 is 27.4. The molecule has 0 aromatic heterocycles. The minimum absolute atomic E-state index is 0.157. The molecule has 120 valence electrons. The Morgan fingerprint density at radius 1 is 1.14 bits per heavy atom. The van der Waals surface area contributed by atoms with Gasteiger partial charge in [0.25, 0.3) is 0 Å². The molecule has 0 radical (unpaired) electrons. The van der Waals surface area contributed by atoms with Crippen LogP contribution in [0.2, 0.25) is 0 Å². The quantitative estimate of drug-likeness (QED) is 0.813. The summed E-state index contributed by atoms with van der Waals surface area (Å²) in [6.45, 7) is 10.5. The number of nitrogens with one attached hydrogen (secondary N) is 1. The Balaban J connectivity index is 2.91. The minimum Gasteiger partial charge on any atom is -0.392 e. The Morgan fingerprint density at radius 2 is 1.71 bits per heavy atom. The maximum atomic E-state index is 12.4. The zero-order valence-corrected chi connectivity index (χ0v) is 14.4.